The number of ether oxygens (including phenoxy) is 2. The molecule has 3 aromatic carbocycles. The standard InChI is InChI=1S/C23H23N3O3/c1-16-6-3-7-17(12-16)15-29-22-19(9-5-11-21(22)28-2)14-25-26-23(27)18-8-4-10-20(24)13-18/h3-14H,15,24H2,1-2H3,(H,26,27)/b25-14-. The summed E-state index contributed by atoms with van der Waals surface area (Å²) < 4.78 is 11.4. The van der Waals surface area contributed by atoms with Crippen LogP contribution in [0.3, 0.4) is 0 Å². The number of carbonyl (C=O) groups is 1. The first kappa shape index (κ1) is 19.9. The minimum absolute atomic E-state index is 0.348. The lowest BCUT2D eigenvalue weighted by Crippen LogP contribution is -2.17. The van der Waals surface area contributed by atoms with Crippen LogP contribution in [0, 0.1) is 6.92 Å². The molecule has 0 unspecified atom stereocenters. The number of nitrogen functional groups attached to an aromatic ring is 1. The van der Waals surface area contributed by atoms with Crippen LogP contribution in [0.5, 0.6) is 11.5 Å². The third-order valence-electron chi connectivity index (χ3n) is 4.21. The number of hydrazone groups is 1. The summed E-state index contributed by atoms with van der Waals surface area (Å²) in [7, 11) is 1.58. The highest BCUT2D eigenvalue weighted by molar-refractivity contribution is 5.95. The number of amides is 1. The van der Waals surface area contributed by atoms with Crippen molar-refractivity contribution in [1.29, 1.82) is 0 Å². The molecule has 0 aliphatic carbocycles. The van der Waals surface area contributed by atoms with E-state index < -0.39 is 0 Å². The van der Waals surface area contributed by atoms with Gasteiger partial charge in [-0.1, -0.05) is 42.0 Å². The van der Waals surface area contributed by atoms with Gasteiger partial charge >= 0.3 is 0 Å². The molecular weight excluding hydrogens is 366 g/mol. The third-order valence-corrected chi connectivity index (χ3v) is 4.21. The van der Waals surface area contributed by atoms with Gasteiger partial charge in [-0.2, -0.15) is 5.10 Å². The van der Waals surface area contributed by atoms with Crippen molar-refractivity contribution in [1.82, 2.24) is 5.43 Å². The van der Waals surface area contributed by atoms with Gasteiger partial charge < -0.3 is 15.2 Å². The summed E-state index contributed by atoms with van der Waals surface area (Å²) in [6.07, 6.45) is 1.53. The van der Waals surface area contributed by atoms with Gasteiger partial charge in [0.1, 0.15) is 6.61 Å². The van der Waals surface area contributed by atoms with Crippen LogP contribution in [0.1, 0.15) is 27.0 Å². The average Bonchev–Trinajstić information content (AvgIpc) is 2.72. The van der Waals surface area contributed by atoms with E-state index in [-0.39, 0.29) is 5.91 Å². The van der Waals surface area contributed by atoms with E-state index in [0.29, 0.717) is 34.9 Å². The summed E-state index contributed by atoms with van der Waals surface area (Å²) in [5.74, 6) is 0.792. The number of rotatable bonds is 7. The lowest BCUT2D eigenvalue weighted by atomic mass is 10.1. The number of nitrogens with zero attached hydrogens (tertiary/aromatic N) is 1. The molecule has 3 N–H and O–H groups in total. The maximum Gasteiger partial charge on any atom is 0.271 e. The lowest BCUT2D eigenvalue weighted by molar-refractivity contribution is 0.0955. The molecule has 1 amide bonds. The summed E-state index contributed by atoms with van der Waals surface area (Å²) in [5, 5.41) is 4.05. The summed E-state index contributed by atoms with van der Waals surface area (Å²) in [4.78, 5) is 12.2. The molecule has 29 heavy (non-hydrogen) atoms. The largest absolute Gasteiger partial charge is 0.493 e. The van der Waals surface area contributed by atoms with Gasteiger partial charge in [0.2, 0.25) is 0 Å². The van der Waals surface area contributed by atoms with Crippen LogP contribution in [0.2, 0.25) is 0 Å². The molecule has 0 heterocycles. The van der Waals surface area contributed by atoms with Gasteiger partial charge in [-0.05, 0) is 42.8 Å². The van der Waals surface area contributed by atoms with Crippen molar-refractivity contribution >= 4 is 17.8 Å². The lowest BCUT2D eigenvalue weighted by Gasteiger charge is -2.13. The van der Waals surface area contributed by atoms with Crippen LogP contribution < -0.4 is 20.6 Å². The molecule has 3 aromatic rings. The second-order valence-electron chi connectivity index (χ2n) is 6.48. The second kappa shape index (κ2) is 9.41. The topological polar surface area (TPSA) is 85.9 Å². The van der Waals surface area contributed by atoms with Crippen molar-refractivity contribution in [3.05, 3.63) is 89.0 Å². The number of hydrogen-bond donors (Lipinski definition) is 2. The molecule has 0 atom stereocenters. The Kier molecular flexibility index (Phi) is 6.47. The molecule has 3 rings (SSSR count). The maximum absolute atomic E-state index is 12.2. The van der Waals surface area contributed by atoms with Crippen LogP contribution >= 0.6 is 0 Å². The number of hydrogen-bond acceptors (Lipinski definition) is 5. The predicted molar refractivity (Wildman–Crippen MR) is 114 cm³/mol. The first-order valence-corrected chi connectivity index (χ1v) is 9.11. The number of aryl methyl sites for hydroxylation is 1. The van der Waals surface area contributed by atoms with Crippen molar-refractivity contribution in [3.63, 3.8) is 0 Å². The molecule has 0 bridgehead atoms. The summed E-state index contributed by atoms with van der Waals surface area (Å²) in [5.41, 5.74) is 12.1. The van der Waals surface area contributed by atoms with Gasteiger partial charge in [-0.15, -0.1) is 0 Å². The summed E-state index contributed by atoms with van der Waals surface area (Å²) in [6, 6.07) is 20.3. The van der Waals surface area contributed by atoms with E-state index in [1.807, 2.05) is 43.3 Å². The van der Waals surface area contributed by atoms with Gasteiger partial charge in [0.15, 0.2) is 11.5 Å². The zero-order valence-corrected chi connectivity index (χ0v) is 16.4. The van der Waals surface area contributed by atoms with Crippen LogP contribution in [0.4, 0.5) is 5.69 Å². The number of methoxy groups -OCH3 is 1. The predicted octanol–water partition coefficient (Wildman–Crippen LogP) is 3.93. The molecule has 0 saturated carbocycles. The zero-order valence-electron chi connectivity index (χ0n) is 16.4. The SMILES string of the molecule is COc1cccc(/C=N\NC(=O)c2cccc(N)c2)c1OCc1cccc(C)c1. The Hall–Kier alpha value is -3.80. The molecule has 6 nitrogen and oxygen atoms in total. The smallest absolute Gasteiger partial charge is 0.271 e. The number of benzene rings is 3. The van der Waals surface area contributed by atoms with E-state index in [2.05, 4.69) is 16.6 Å². The van der Waals surface area contributed by atoms with E-state index in [0.717, 1.165) is 11.1 Å². The van der Waals surface area contributed by atoms with Crippen LogP contribution in [-0.4, -0.2) is 19.2 Å². The molecular formula is C23H23N3O3. The van der Waals surface area contributed by atoms with Gasteiger partial charge in [-0.25, -0.2) is 5.43 Å². The second-order valence-corrected chi connectivity index (χ2v) is 6.48. The highest BCUT2D eigenvalue weighted by Crippen LogP contribution is 2.30. The Morgan fingerprint density at radius 1 is 1.10 bits per heavy atom. The Morgan fingerprint density at radius 3 is 2.66 bits per heavy atom. The average molecular weight is 389 g/mol. The Labute approximate surface area is 170 Å². The summed E-state index contributed by atoms with van der Waals surface area (Å²) in [6.45, 7) is 2.42. The third kappa shape index (κ3) is 5.35. The van der Waals surface area contributed by atoms with Gasteiger partial charge in [0.05, 0.1) is 13.3 Å². The van der Waals surface area contributed by atoms with Crippen molar-refractivity contribution in [2.45, 2.75) is 13.5 Å². The van der Waals surface area contributed by atoms with Crippen molar-refractivity contribution < 1.29 is 14.3 Å². The fourth-order valence-corrected chi connectivity index (χ4v) is 2.81. The summed E-state index contributed by atoms with van der Waals surface area (Å²) >= 11 is 0. The van der Waals surface area contributed by atoms with E-state index in [1.165, 1.54) is 6.21 Å². The van der Waals surface area contributed by atoms with Crippen LogP contribution in [0.25, 0.3) is 0 Å². The van der Waals surface area contributed by atoms with Crippen molar-refractivity contribution in [2.75, 3.05) is 12.8 Å². The minimum atomic E-state index is -0.348. The van der Waals surface area contributed by atoms with Gasteiger partial charge in [0, 0.05) is 16.8 Å². The van der Waals surface area contributed by atoms with E-state index in [1.54, 1.807) is 31.4 Å². The molecule has 0 spiro atoms. The number of nitrogens with one attached hydrogen (secondary N) is 1. The Balaban J connectivity index is 1.74. The number of anilines is 1. The molecule has 0 fully saturated rings. The highest BCUT2D eigenvalue weighted by Gasteiger charge is 2.10. The quantitative estimate of drug-likeness (QED) is 0.364. The van der Waals surface area contributed by atoms with Crippen LogP contribution in [-0.2, 0) is 6.61 Å². The fraction of sp³-hybridized carbons (Fsp3) is 0.130. The molecule has 0 radical (unpaired) electrons. The van der Waals surface area contributed by atoms with Crippen molar-refractivity contribution in [3.8, 4) is 11.5 Å². The number of carbonyl (C=O) groups excluding carboxylic acids is 1. The molecule has 148 valence electrons. The normalized spacial score (nSPS) is 10.7. The monoisotopic (exact) mass is 389 g/mol. The zero-order chi connectivity index (χ0) is 20.6. The Bertz CT molecular complexity index is 1030. The highest BCUT2D eigenvalue weighted by atomic mass is 16.5. The molecule has 0 aromatic heterocycles. The fourth-order valence-electron chi connectivity index (χ4n) is 2.81. The molecule has 0 aliphatic heterocycles. The maximum atomic E-state index is 12.2. The van der Waals surface area contributed by atoms with Gasteiger partial charge in [0.25, 0.3) is 5.91 Å². The van der Waals surface area contributed by atoms with Crippen LogP contribution in [0.15, 0.2) is 71.8 Å². The first-order valence-electron chi connectivity index (χ1n) is 9.11. The Morgan fingerprint density at radius 2 is 1.90 bits per heavy atom. The van der Waals surface area contributed by atoms with E-state index in [9.17, 15) is 4.79 Å². The molecule has 0 aliphatic rings. The molecule has 0 saturated heterocycles. The number of nitrogens with two attached hydrogens (primary N) is 1. The molecule has 6 heteroatoms. The van der Waals surface area contributed by atoms with E-state index in [4.69, 9.17) is 15.2 Å². The van der Waals surface area contributed by atoms with Gasteiger partial charge in [-0.3, -0.25) is 4.79 Å². The van der Waals surface area contributed by atoms with Crippen molar-refractivity contribution in [2.24, 2.45) is 5.10 Å². The number of para-hydroxylation sites is 1. The minimum Gasteiger partial charge on any atom is -0.493 e. The first-order chi connectivity index (χ1) is 14.1. The van der Waals surface area contributed by atoms with E-state index >= 15 is 0 Å².